The second-order valence-corrected chi connectivity index (χ2v) is 10.4. The molecule has 0 radical (unpaired) electrons. The highest BCUT2D eigenvalue weighted by atomic mass is 32.1. The van der Waals surface area contributed by atoms with Gasteiger partial charge in [0, 0.05) is 34.4 Å². The standard InChI is InChI=1S/C24H30B2F4O4S2/c1-3-5-7-9-11-17(31)13-19(33-25(27)28)21-15-23-24(35-21)16-22(36-23)20(34-26(29)30)14-18(32)12-10-8-6-4-2/h13-16H,3-12H2,1-2H3/b19-13-,20-14-. The molecule has 0 spiro atoms. The van der Waals surface area contributed by atoms with Gasteiger partial charge in [0.1, 0.15) is 11.5 Å². The number of hydrogen-bond donors (Lipinski definition) is 0. The molecule has 0 N–H and O–H groups in total. The molecular formula is C24H30B2F4O4S2. The van der Waals surface area contributed by atoms with Gasteiger partial charge in [-0.25, -0.2) is 17.3 Å². The van der Waals surface area contributed by atoms with Crippen molar-refractivity contribution in [3.8, 4) is 0 Å². The van der Waals surface area contributed by atoms with E-state index in [0.29, 0.717) is 32.0 Å². The predicted molar refractivity (Wildman–Crippen MR) is 141 cm³/mol. The molecule has 2 rings (SSSR count). The van der Waals surface area contributed by atoms with Gasteiger partial charge in [-0.1, -0.05) is 52.4 Å². The Kier molecular flexibility index (Phi) is 13.3. The summed E-state index contributed by atoms with van der Waals surface area (Å²) in [6.45, 7) is 4.10. The van der Waals surface area contributed by atoms with Gasteiger partial charge in [-0.3, -0.25) is 9.59 Å². The summed E-state index contributed by atoms with van der Waals surface area (Å²) in [7, 11) is -6.20. The van der Waals surface area contributed by atoms with E-state index in [2.05, 4.69) is 23.2 Å². The van der Waals surface area contributed by atoms with Crippen LogP contribution in [0.4, 0.5) is 17.3 Å². The van der Waals surface area contributed by atoms with Crippen molar-refractivity contribution in [1.82, 2.24) is 0 Å². The van der Waals surface area contributed by atoms with E-state index in [1.807, 2.05) is 0 Å². The van der Waals surface area contributed by atoms with Crippen molar-refractivity contribution in [3.05, 3.63) is 34.0 Å². The highest BCUT2D eigenvalue weighted by molar-refractivity contribution is 7.28. The Morgan fingerprint density at radius 1 is 0.722 bits per heavy atom. The zero-order valence-electron chi connectivity index (χ0n) is 20.5. The number of allylic oxidation sites excluding steroid dienone is 2. The van der Waals surface area contributed by atoms with Gasteiger partial charge < -0.3 is 9.31 Å². The Bertz CT molecular complexity index is 941. The molecule has 0 aromatic carbocycles. The van der Waals surface area contributed by atoms with Crippen molar-refractivity contribution in [3.63, 3.8) is 0 Å². The number of ketones is 2. The van der Waals surface area contributed by atoms with Crippen LogP contribution in [0.25, 0.3) is 20.9 Å². The van der Waals surface area contributed by atoms with Crippen molar-refractivity contribution >= 4 is 70.1 Å². The molecule has 36 heavy (non-hydrogen) atoms. The minimum Gasteiger partial charge on any atom is -0.504 e. The van der Waals surface area contributed by atoms with Gasteiger partial charge in [-0.15, -0.1) is 22.7 Å². The predicted octanol–water partition coefficient (Wildman–Crippen LogP) is 8.60. The number of thiophene rings is 2. The summed E-state index contributed by atoms with van der Waals surface area (Å²) in [6, 6.07) is 3.14. The average molecular weight is 544 g/mol. The average Bonchev–Trinajstić information content (AvgIpc) is 3.38. The molecule has 0 bridgehead atoms. The second kappa shape index (κ2) is 15.9. The highest BCUT2D eigenvalue weighted by Crippen LogP contribution is 2.39. The Labute approximate surface area is 218 Å². The van der Waals surface area contributed by atoms with Crippen LogP contribution < -0.4 is 0 Å². The van der Waals surface area contributed by atoms with Crippen LogP contribution in [0.15, 0.2) is 24.3 Å². The minimum atomic E-state index is -3.10. The Morgan fingerprint density at radius 2 is 1.11 bits per heavy atom. The molecular weight excluding hydrogens is 514 g/mol. The number of carbonyl (C=O) groups is 2. The normalized spacial score (nSPS) is 12.2. The topological polar surface area (TPSA) is 52.6 Å². The van der Waals surface area contributed by atoms with Crippen LogP contribution in [0.3, 0.4) is 0 Å². The molecule has 2 aromatic rings. The summed E-state index contributed by atoms with van der Waals surface area (Å²) in [5, 5.41) is 0. The molecule has 0 unspecified atom stereocenters. The highest BCUT2D eigenvalue weighted by Gasteiger charge is 2.25. The lowest BCUT2D eigenvalue weighted by Crippen LogP contribution is -2.05. The number of hydrogen-bond acceptors (Lipinski definition) is 6. The molecule has 2 aromatic heterocycles. The third-order valence-electron chi connectivity index (χ3n) is 5.26. The molecule has 2 heterocycles. The van der Waals surface area contributed by atoms with Gasteiger partial charge in [0.05, 0.1) is 9.75 Å². The van der Waals surface area contributed by atoms with E-state index < -0.39 is 14.9 Å². The van der Waals surface area contributed by atoms with E-state index in [1.165, 1.54) is 0 Å². The largest absolute Gasteiger partial charge is 0.796 e. The van der Waals surface area contributed by atoms with Gasteiger partial charge >= 0.3 is 14.9 Å². The second-order valence-electron chi connectivity index (χ2n) is 8.28. The maximum Gasteiger partial charge on any atom is 0.796 e. The van der Waals surface area contributed by atoms with E-state index in [0.717, 1.165) is 73.4 Å². The van der Waals surface area contributed by atoms with Crippen LogP contribution in [0.1, 0.15) is 87.8 Å². The van der Waals surface area contributed by atoms with Crippen molar-refractivity contribution in [2.24, 2.45) is 0 Å². The first-order valence-electron chi connectivity index (χ1n) is 12.2. The lowest BCUT2D eigenvalue weighted by molar-refractivity contribution is -0.115. The molecule has 196 valence electrons. The van der Waals surface area contributed by atoms with Gasteiger partial charge in [0.2, 0.25) is 0 Å². The van der Waals surface area contributed by atoms with Crippen molar-refractivity contribution < 1.29 is 36.2 Å². The maximum absolute atomic E-state index is 13.0. The number of halogens is 4. The van der Waals surface area contributed by atoms with Crippen molar-refractivity contribution in [2.45, 2.75) is 78.1 Å². The number of rotatable bonds is 18. The molecule has 0 amide bonds. The number of carbonyl (C=O) groups excluding carboxylic acids is 2. The van der Waals surface area contributed by atoms with Crippen LogP contribution in [-0.4, -0.2) is 26.5 Å². The fraction of sp³-hybridized carbons (Fsp3) is 0.500. The fourth-order valence-corrected chi connectivity index (χ4v) is 5.80. The SMILES string of the molecule is CCCCCCC(=O)/C=C(\OB(F)F)c1cc2sc(/C(=C/C(=O)CCCCCC)OB(F)F)cc2s1. The molecule has 0 aliphatic carbocycles. The van der Waals surface area contributed by atoms with Crippen LogP contribution in [0, 0.1) is 0 Å². The first-order chi connectivity index (χ1) is 17.2. The zero-order chi connectivity index (χ0) is 26.5. The summed E-state index contributed by atoms with van der Waals surface area (Å²) in [6.07, 6.45) is 9.81. The van der Waals surface area contributed by atoms with E-state index in [-0.39, 0.29) is 35.9 Å². The zero-order valence-corrected chi connectivity index (χ0v) is 22.1. The molecule has 0 atom stereocenters. The van der Waals surface area contributed by atoms with Gasteiger partial charge in [-0.05, 0) is 25.0 Å². The van der Waals surface area contributed by atoms with Crippen LogP contribution in [0.5, 0.6) is 0 Å². The summed E-state index contributed by atoms with van der Waals surface area (Å²) >= 11 is 2.19. The van der Waals surface area contributed by atoms with Gasteiger partial charge in [0.25, 0.3) is 0 Å². The molecule has 0 saturated heterocycles. The third-order valence-corrected chi connectivity index (χ3v) is 7.58. The van der Waals surface area contributed by atoms with E-state index in [1.54, 1.807) is 12.1 Å². The Hall–Kier alpha value is -2.07. The molecule has 0 aliphatic heterocycles. The van der Waals surface area contributed by atoms with Crippen molar-refractivity contribution in [2.75, 3.05) is 0 Å². The monoisotopic (exact) mass is 544 g/mol. The van der Waals surface area contributed by atoms with Crippen LogP contribution >= 0.6 is 22.7 Å². The molecule has 12 heteroatoms. The van der Waals surface area contributed by atoms with Gasteiger partial charge in [0.15, 0.2) is 11.6 Å². The van der Waals surface area contributed by atoms with E-state index >= 15 is 0 Å². The quantitative estimate of drug-likeness (QED) is 0.0620. The summed E-state index contributed by atoms with van der Waals surface area (Å²) in [5.74, 6) is -1.04. The molecule has 4 nitrogen and oxygen atoms in total. The molecule has 0 fully saturated rings. The summed E-state index contributed by atoms with van der Waals surface area (Å²) in [4.78, 5) is 25.2. The number of fused-ring (bicyclic) bond motifs is 1. The van der Waals surface area contributed by atoms with Crippen molar-refractivity contribution in [1.29, 1.82) is 0 Å². The lowest BCUT2D eigenvalue weighted by Gasteiger charge is -2.07. The smallest absolute Gasteiger partial charge is 0.504 e. The lowest BCUT2D eigenvalue weighted by atomic mass is 10.1. The summed E-state index contributed by atoms with van der Waals surface area (Å²) < 4.78 is 62.5. The summed E-state index contributed by atoms with van der Waals surface area (Å²) in [5.41, 5.74) is 0. The first-order valence-corrected chi connectivity index (χ1v) is 13.8. The first kappa shape index (κ1) is 30.2. The number of unbranched alkanes of at least 4 members (excludes halogenated alkanes) is 6. The molecule has 0 saturated carbocycles. The van der Waals surface area contributed by atoms with Crippen LogP contribution in [-0.2, 0) is 18.9 Å². The van der Waals surface area contributed by atoms with Gasteiger partial charge in [-0.2, -0.15) is 0 Å². The Morgan fingerprint density at radius 3 is 1.44 bits per heavy atom. The van der Waals surface area contributed by atoms with E-state index in [4.69, 9.17) is 0 Å². The van der Waals surface area contributed by atoms with Crippen LogP contribution in [0.2, 0.25) is 0 Å². The van der Waals surface area contributed by atoms with E-state index in [9.17, 15) is 26.9 Å². The Balaban J connectivity index is 2.23. The molecule has 0 aliphatic rings. The fourth-order valence-electron chi connectivity index (χ4n) is 3.49. The third kappa shape index (κ3) is 10.5. The maximum atomic E-state index is 13.0. The minimum absolute atomic E-state index is 0.220.